The quantitative estimate of drug-likeness (QED) is 0.712. The van der Waals surface area contributed by atoms with Gasteiger partial charge in [-0.05, 0) is 62.5 Å². The summed E-state index contributed by atoms with van der Waals surface area (Å²) in [5.41, 5.74) is 3.72. The number of benzene rings is 1. The summed E-state index contributed by atoms with van der Waals surface area (Å²) in [5, 5.41) is 1.06. The van der Waals surface area contributed by atoms with E-state index >= 15 is 0 Å². The molecule has 1 aliphatic rings. The third-order valence-electron chi connectivity index (χ3n) is 5.25. The Kier molecular flexibility index (Phi) is 6.12. The first-order valence-electron chi connectivity index (χ1n) is 9.40. The van der Waals surface area contributed by atoms with E-state index in [0.29, 0.717) is 5.92 Å². The fourth-order valence-electron chi connectivity index (χ4n) is 4.09. The molecule has 5 nitrogen and oxygen atoms in total. The summed E-state index contributed by atoms with van der Waals surface area (Å²) in [7, 11) is 3.90. The lowest BCUT2D eigenvalue weighted by Gasteiger charge is -2.22. The molecule has 0 aliphatic carbocycles. The van der Waals surface area contributed by atoms with Crippen LogP contribution >= 0.6 is 0 Å². The third kappa shape index (κ3) is 4.53. The van der Waals surface area contributed by atoms with Crippen molar-refractivity contribution in [3.63, 3.8) is 0 Å². The second kappa shape index (κ2) is 8.33. The maximum atomic E-state index is 12.0. The molecule has 0 amide bonds. The van der Waals surface area contributed by atoms with Crippen molar-refractivity contribution in [3.05, 3.63) is 45.3 Å². The molecule has 0 bridgehead atoms. The minimum Gasteiger partial charge on any atom is -0.422 e. The van der Waals surface area contributed by atoms with Crippen LogP contribution in [0.5, 0.6) is 0 Å². The number of nitrogens with zero attached hydrogens (tertiary/aromatic N) is 2. The van der Waals surface area contributed by atoms with Crippen molar-refractivity contribution in [2.24, 2.45) is 5.92 Å². The van der Waals surface area contributed by atoms with Crippen molar-refractivity contribution in [1.82, 2.24) is 9.80 Å². The highest BCUT2D eigenvalue weighted by Crippen LogP contribution is 2.24. The van der Waals surface area contributed by atoms with E-state index in [1.54, 1.807) is 13.2 Å². The molecule has 0 radical (unpaired) electrons. The van der Waals surface area contributed by atoms with Gasteiger partial charge in [0.15, 0.2) is 0 Å². The van der Waals surface area contributed by atoms with Crippen LogP contribution in [0, 0.1) is 19.8 Å². The Morgan fingerprint density at radius 1 is 1.31 bits per heavy atom. The lowest BCUT2D eigenvalue weighted by atomic mass is 10.0. The molecule has 26 heavy (non-hydrogen) atoms. The van der Waals surface area contributed by atoms with Crippen molar-refractivity contribution in [2.75, 3.05) is 46.9 Å². The normalized spacial score (nSPS) is 18.3. The zero-order valence-corrected chi connectivity index (χ0v) is 16.4. The Bertz CT molecular complexity index is 815. The fourth-order valence-corrected chi connectivity index (χ4v) is 4.09. The van der Waals surface area contributed by atoms with Gasteiger partial charge in [0, 0.05) is 44.7 Å². The predicted octanol–water partition coefficient (Wildman–Crippen LogP) is 2.81. The maximum absolute atomic E-state index is 12.0. The minimum absolute atomic E-state index is 0.264. The van der Waals surface area contributed by atoms with Gasteiger partial charge in [-0.3, -0.25) is 0 Å². The molecule has 0 N–H and O–H groups in total. The molecule has 3 rings (SSSR count). The van der Waals surface area contributed by atoms with Gasteiger partial charge in [-0.15, -0.1) is 0 Å². The summed E-state index contributed by atoms with van der Waals surface area (Å²) in [6, 6.07) is 5.83. The number of fused-ring (bicyclic) bond motifs is 1. The van der Waals surface area contributed by atoms with Gasteiger partial charge in [0.2, 0.25) is 0 Å². The average Bonchev–Trinajstić information content (AvgIpc) is 3.01. The summed E-state index contributed by atoms with van der Waals surface area (Å²) < 4.78 is 10.6. The van der Waals surface area contributed by atoms with Gasteiger partial charge in [-0.25, -0.2) is 4.79 Å². The highest BCUT2D eigenvalue weighted by atomic mass is 16.5. The van der Waals surface area contributed by atoms with Crippen molar-refractivity contribution in [1.29, 1.82) is 0 Å². The SMILES string of the molecule is COCCN1CCC(CN(C)Cc2cc(=O)oc3c(C)cc(C)cc23)C1. The van der Waals surface area contributed by atoms with Gasteiger partial charge in [0.1, 0.15) is 5.58 Å². The van der Waals surface area contributed by atoms with E-state index in [-0.39, 0.29) is 5.63 Å². The van der Waals surface area contributed by atoms with Gasteiger partial charge in [-0.2, -0.15) is 0 Å². The van der Waals surface area contributed by atoms with Crippen LogP contribution in [0.4, 0.5) is 0 Å². The van der Waals surface area contributed by atoms with Gasteiger partial charge in [0.25, 0.3) is 0 Å². The number of ether oxygens (including phenoxy) is 1. The van der Waals surface area contributed by atoms with Crippen LogP contribution in [-0.2, 0) is 11.3 Å². The number of rotatable bonds is 7. The maximum Gasteiger partial charge on any atom is 0.336 e. The molecule has 1 aromatic carbocycles. The Morgan fingerprint density at radius 2 is 2.12 bits per heavy atom. The lowest BCUT2D eigenvalue weighted by molar-refractivity contribution is 0.157. The first-order valence-corrected chi connectivity index (χ1v) is 9.40. The van der Waals surface area contributed by atoms with Gasteiger partial charge in [-0.1, -0.05) is 6.07 Å². The Hall–Kier alpha value is -1.69. The molecule has 2 aromatic rings. The molecule has 0 saturated carbocycles. The number of likely N-dealkylation sites (tertiary alicyclic amines) is 1. The zero-order chi connectivity index (χ0) is 18.7. The summed E-state index contributed by atoms with van der Waals surface area (Å²) in [6.07, 6.45) is 1.23. The third-order valence-corrected chi connectivity index (χ3v) is 5.25. The number of methoxy groups -OCH3 is 1. The lowest BCUT2D eigenvalue weighted by Crippen LogP contribution is -2.29. The van der Waals surface area contributed by atoms with E-state index in [4.69, 9.17) is 9.15 Å². The highest BCUT2D eigenvalue weighted by molar-refractivity contribution is 5.83. The van der Waals surface area contributed by atoms with Crippen LogP contribution in [0.25, 0.3) is 11.0 Å². The standard InChI is InChI=1S/C21H30N2O3/c1-15-9-16(2)21-19(10-15)18(11-20(24)26-21)14-22(3)12-17-5-6-23(13-17)7-8-25-4/h9-11,17H,5-8,12-14H2,1-4H3. The molecule has 1 aromatic heterocycles. The highest BCUT2D eigenvalue weighted by Gasteiger charge is 2.23. The van der Waals surface area contributed by atoms with Crippen molar-refractivity contribution >= 4 is 11.0 Å². The van der Waals surface area contributed by atoms with E-state index in [2.05, 4.69) is 35.9 Å². The average molecular weight is 358 g/mol. The van der Waals surface area contributed by atoms with E-state index in [0.717, 1.165) is 61.4 Å². The van der Waals surface area contributed by atoms with Gasteiger partial charge < -0.3 is 19.0 Å². The molecule has 1 atom stereocenters. The van der Waals surface area contributed by atoms with Gasteiger partial charge >= 0.3 is 5.63 Å². The Balaban J connectivity index is 1.70. The van der Waals surface area contributed by atoms with Crippen LogP contribution in [0.2, 0.25) is 0 Å². The summed E-state index contributed by atoms with van der Waals surface area (Å²) >= 11 is 0. The van der Waals surface area contributed by atoms with Crippen LogP contribution in [0.3, 0.4) is 0 Å². The fraction of sp³-hybridized carbons (Fsp3) is 0.571. The molecule has 2 heterocycles. The van der Waals surface area contributed by atoms with E-state index in [1.807, 2.05) is 6.92 Å². The number of hydrogen-bond acceptors (Lipinski definition) is 5. The Labute approximate surface area is 155 Å². The molecule has 0 spiro atoms. The van der Waals surface area contributed by atoms with Gasteiger partial charge in [0.05, 0.1) is 6.61 Å². The summed E-state index contributed by atoms with van der Waals surface area (Å²) in [5.74, 6) is 0.673. The van der Waals surface area contributed by atoms with Crippen LogP contribution in [-0.4, -0.2) is 56.7 Å². The smallest absolute Gasteiger partial charge is 0.336 e. The summed E-state index contributed by atoms with van der Waals surface area (Å²) in [6.45, 7) is 9.97. The molecular formula is C21H30N2O3. The molecule has 5 heteroatoms. The predicted molar refractivity (Wildman–Crippen MR) is 105 cm³/mol. The molecule has 1 aliphatic heterocycles. The topological polar surface area (TPSA) is 45.9 Å². The number of aryl methyl sites for hydroxylation is 2. The second-order valence-corrected chi connectivity index (χ2v) is 7.69. The Morgan fingerprint density at radius 3 is 2.88 bits per heavy atom. The molecule has 142 valence electrons. The second-order valence-electron chi connectivity index (χ2n) is 7.69. The first kappa shape index (κ1) is 19.1. The van der Waals surface area contributed by atoms with E-state index in [9.17, 15) is 4.79 Å². The van der Waals surface area contributed by atoms with Crippen LogP contribution in [0.1, 0.15) is 23.1 Å². The monoisotopic (exact) mass is 358 g/mol. The largest absolute Gasteiger partial charge is 0.422 e. The summed E-state index contributed by atoms with van der Waals surface area (Å²) in [4.78, 5) is 16.8. The van der Waals surface area contributed by atoms with Crippen molar-refractivity contribution in [3.8, 4) is 0 Å². The van der Waals surface area contributed by atoms with E-state index < -0.39 is 0 Å². The minimum atomic E-state index is -0.264. The van der Waals surface area contributed by atoms with Crippen LogP contribution in [0.15, 0.2) is 27.4 Å². The van der Waals surface area contributed by atoms with Crippen molar-refractivity contribution in [2.45, 2.75) is 26.8 Å². The number of hydrogen-bond donors (Lipinski definition) is 0. The van der Waals surface area contributed by atoms with Crippen LogP contribution < -0.4 is 5.63 Å². The molecule has 1 saturated heterocycles. The van der Waals surface area contributed by atoms with E-state index in [1.165, 1.54) is 12.0 Å². The molecule has 1 fully saturated rings. The first-order chi connectivity index (χ1) is 12.5. The zero-order valence-electron chi connectivity index (χ0n) is 16.4. The molecular weight excluding hydrogens is 328 g/mol. The molecule has 1 unspecified atom stereocenters. The van der Waals surface area contributed by atoms with Crippen molar-refractivity contribution < 1.29 is 9.15 Å².